The summed E-state index contributed by atoms with van der Waals surface area (Å²) in [7, 11) is 0. The molecule has 3 fully saturated rings. The molecular formula is C29H32N2O8S2. The van der Waals surface area contributed by atoms with Gasteiger partial charge in [-0.15, -0.1) is 11.8 Å². The van der Waals surface area contributed by atoms with Gasteiger partial charge in [-0.05, 0) is 61.1 Å². The minimum absolute atomic E-state index is 0.00146. The van der Waals surface area contributed by atoms with Crippen molar-refractivity contribution >= 4 is 46.9 Å². The molecule has 12 heteroatoms. The minimum atomic E-state index is -1.16. The summed E-state index contributed by atoms with van der Waals surface area (Å²) in [5.74, 6) is -3.23. The lowest BCUT2D eigenvalue weighted by atomic mass is 9.68. The molecule has 0 radical (unpaired) electrons. The number of amides is 2. The maximum absolute atomic E-state index is 13.8. The first-order chi connectivity index (χ1) is 19.6. The van der Waals surface area contributed by atoms with E-state index < -0.39 is 29.8 Å². The molecule has 2 N–H and O–H groups in total. The Balaban J connectivity index is 1.32. The summed E-state index contributed by atoms with van der Waals surface area (Å²) in [4.78, 5) is 68.7. The molecule has 6 rings (SSSR count). The van der Waals surface area contributed by atoms with Crippen LogP contribution in [0, 0.1) is 35.5 Å². The van der Waals surface area contributed by atoms with Crippen LogP contribution in [0.1, 0.15) is 50.0 Å². The number of aliphatic carboxylic acids is 1. The van der Waals surface area contributed by atoms with E-state index in [4.69, 9.17) is 9.47 Å². The van der Waals surface area contributed by atoms with E-state index in [1.165, 1.54) is 11.3 Å². The van der Waals surface area contributed by atoms with Gasteiger partial charge >= 0.3 is 16.8 Å². The number of hydrogen-bond donors (Lipinski definition) is 2. The maximum Gasteiger partial charge on any atom is 0.344 e. The van der Waals surface area contributed by atoms with Gasteiger partial charge in [0.05, 0.1) is 23.5 Å². The first-order valence-electron chi connectivity index (χ1n) is 14.0. The Labute approximate surface area is 244 Å². The van der Waals surface area contributed by atoms with Crippen LogP contribution in [0.25, 0.3) is 0 Å². The van der Waals surface area contributed by atoms with Gasteiger partial charge in [-0.25, -0.2) is 9.59 Å². The van der Waals surface area contributed by atoms with Gasteiger partial charge in [0, 0.05) is 16.0 Å². The SMILES string of the molecule is CCOC(=O)COc1ccc([C@H]2c3sc(=O)[nH]c3SC3C4CC(C5C(=O)N(C(CC(C)C)C(=O)O)C(=O)C45)C32)cc1. The lowest BCUT2D eigenvalue weighted by Crippen LogP contribution is -2.47. The number of likely N-dealkylation sites (tertiary alicyclic amines) is 1. The fourth-order valence-corrected chi connectivity index (χ4v) is 10.5. The number of aromatic nitrogens is 1. The number of aromatic amines is 1. The molecule has 2 bridgehead atoms. The van der Waals surface area contributed by atoms with Gasteiger partial charge in [-0.1, -0.05) is 37.3 Å². The van der Waals surface area contributed by atoms with Crippen LogP contribution in [0.2, 0.25) is 0 Å². The lowest BCUT2D eigenvalue weighted by Gasteiger charge is -2.43. The molecule has 8 atom stereocenters. The van der Waals surface area contributed by atoms with Gasteiger partial charge in [-0.2, -0.15) is 0 Å². The Morgan fingerprint density at radius 3 is 2.41 bits per heavy atom. The van der Waals surface area contributed by atoms with Crippen molar-refractivity contribution < 1.29 is 33.8 Å². The van der Waals surface area contributed by atoms with Gasteiger partial charge in [-0.3, -0.25) is 19.3 Å². The van der Waals surface area contributed by atoms with Crippen molar-refractivity contribution in [2.24, 2.45) is 35.5 Å². The summed E-state index contributed by atoms with van der Waals surface area (Å²) in [6, 6.07) is 6.25. The summed E-state index contributed by atoms with van der Waals surface area (Å²) in [6.07, 6.45) is 0.941. The highest BCUT2D eigenvalue weighted by atomic mass is 32.2. The zero-order valence-corrected chi connectivity index (χ0v) is 24.5. The van der Waals surface area contributed by atoms with E-state index >= 15 is 0 Å². The van der Waals surface area contributed by atoms with Crippen molar-refractivity contribution in [3.8, 4) is 5.75 Å². The molecule has 7 unspecified atom stereocenters. The highest BCUT2D eigenvalue weighted by Crippen LogP contribution is 2.68. The molecule has 2 amide bonds. The van der Waals surface area contributed by atoms with E-state index in [-0.39, 0.29) is 71.2 Å². The van der Waals surface area contributed by atoms with Gasteiger partial charge in [0.2, 0.25) is 11.8 Å². The van der Waals surface area contributed by atoms with Gasteiger partial charge < -0.3 is 19.6 Å². The summed E-state index contributed by atoms with van der Waals surface area (Å²) >= 11 is 2.76. The van der Waals surface area contributed by atoms with Crippen LogP contribution in [0.5, 0.6) is 5.75 Å². The van der Waals surface area contributed by atoms with Crippen LogP contribution < -0.4 is 9.61 Å². The molecule has 218 valence electrons. The average Bonchev–Trinajstić information content (AvgIpc) is 3.65. The fourth-order valence-electron chi connectivity index (χ4n) is 7.60. The molecule has 10 nitrogen and oxygen atoms in total. The van der Waals surface area contributed by atoms with Crippen molar-refractivity contribution in [3.05, 3.63) is 44.4 Å². The number of benzene rings is 1. The molecule has 0 spiro atoms. The molecule has 3 heterocycles. The highest BCUT2D eigenvalue weighted by Gasteiger charge is 2.70. The predicted octanol–water partition coefficient (Wildman–Crippen LogP) is 3.35. The van der Waals surface area contributed by atoms with E-state index in [9.17, 15) is 29.1 Å². The number of nitrogens with zero attached hydrogens (tertiary/aromatic N) is 1. The molecule has 2 aromatic rings. The lowest BCUT2D eigenvalue weighted by molar-refractivity contribution is -0.156. The molecular weight excluding hydrogens is 568 g/mol. The van der Waals surface area contributed by atoms with Crippen molar-refractivity contribution in [1.29, 1.82) is 0 Å². The number of fused-ring (bicyclic) bond motifs is 9. The van der Waals surface area contributed by atoms with Crippen LogP contribution in [0.3, 0.4) is 0 Å². The van der Waals surface area contributed by atoms with Crippen molar-refractivity contribution in [3.63, 3.8) is 0 Å². The first-order valence-corrected chi connectivity index (χ1v) is 15.7. The van der Waals surface area contributed by atoms with Gasteiger partial charge in [0.1, 0.15) is 11.8 Å². The third kappa shape index (κ3) is 4.59. The number of ether oxygens (including phenoxy) is 2. The molecule has 2 aliphatic heterocycles. The van der Waals surface area contributed by atoms with Crippen LogP contribution in [-0.4, -0.2) is 63.2 Å². The van der Waals surface area contributed by atoms with E-state index in [0.717, 1.165) is 26.8 Å². The van der Waals surface area contributed by atoms with Crippen LogP contribution in [-0.2, 0) is 23.9 Å². The Morgan fingerprint density at radius 2 is 1.78 bits per heavy atom. The number of rotatable bonds is 9. The molecule has 1 saturated heterocycles. The van der Waals surface area contributed by atoms with Crippen molar-refractivity contribution in [2.45, 2.75) is 55.8 Å². The number of carbonyl (C=O) groups is 4. The number of hydrogen-bond acceptors (Lipinski definition) is 9. The number of esters is 1. The maximum atomic E-state index is 13.8. The van der Waals surface area contributed by atoms with Gasteiger partial charge in [0.25, 0.3) is 0 Å². The number of imide groups is 1. The third-order valence-corrected chi connectivity index (χ3v) is 11.5. The fraction of sp³-hybridized carbons (Fsp3) is 0.552. The van der Waals surface area contributed by atoms with E-state index in [1.807, 2.05) is 26.0 Å². The van der Waals surface area contributed by atoms with Crippen LogP contribution in [0.15, 0.2) is 34.1 Å². The van der Waals surface area contributed by atoms with E-state index in [0.29, 0.717) is 5.75 Å². The molecule has 2 saturated carbocycles. The monoisotopic (exact) mass is 600 g/mol. The number of nitrogens with one attached hydrogen (secondary N) is 1. The number of thiazole rings is 1. The molecule has 41 heavy (non-hydrogen) atoms. The number of thioether (sulfide) groups is 1. The largest absolute Gasteiger partial charge is 0.482 e. The van der Waals surface area contributed by atoms with Crippen molar-refractivity contribution in [2.75, 3.05) is 13.2 Å². The first kappa shape index (κ1) is 28.0. The summed E-state index contributed by atoms with van der Waals surface area (Å²) in [5, 5.41) is 10.8. The summed E-state index contributed by atoms with van der Waals surface area (Å²) in [5.41, 5.74) is 0.959. The van der Waals surface area contributed by atoms with Crippen LogP contribution in [0.4, 0.5) is 0 Å². The number of carboxylic acids is 1. The second kappa shape index (κ2) is 10.6. The Bertz CT molecular complexity index is 1450. The minimum Gasteiger partial charge on any atom is -0.482 e. The molecule has 1 aromatic heterocycles. The van der Waals surface area contributed by atoms with Crippen LogP contribution >= 0.6 is 23.1 Å². The Kier molecular flexibility index (Phi) is 7.25. The smallest absolute Gasteiger partial charge is 0.344 e. The highest BCUT2D eigenvalue weighted by molar-refractivity contribution is 8.00. The second-order valence-corrected chi connectivity index (χ2v) is 13.9. The van der Waals surface area contributed by atoms with Gasteiger partial charge in [0.15, 0.2) is 6.61 Å². The van der Waals surface area contributed by atoms with Crippen molar-refractivity contribution in [1.82, 2.24) is 9.88 Å². The standard InChI is InChI=1S/C29H32N2O8S2/c1-4-38-18(32)11-39-14-7-5-13(6-8-14)19-20-15-10-16(23(20)40-25-24(19)41-29(37)30-25)22-21(15)26(33)31(27(22)34)17(28(35)36)9-12(2)3/h5-8,12,15-17,19-23H,4,9-11H2,1-3H3,(H,30,37)(H,35,36)/t15?,16?,17?,19-,20?,21?,22?,23?/m1/s1. The topological polar surface area (TPSA) is 143 Å². The van der Waals surface area contributed by atoms with E-state index in [1.54, 1.807) is 30.8 Å². The third-order valence-electron chi connectivity index (χ3n) is 8.95. The Morgan fingerprint density at radius 1 is 1.10 bits per heavy atom. The zero-order chi connectivity index (χ0) is 29.2. The Hall–Kier alpha value is -3.12. The summed E-state index contributed by atoms with van der Waals surface area (Å²) in [6.45, 7) is 5.57. The molecule has 4 aliphatic rings. The summed E-state index contributed by atoms with van der Waals surface area (Å²) < 4.78 is 10.5. The molecule has 1 aromatic carbocycles. The second-order valence-electron chi connectivity index (χ2n) is 11.7. The molecule has 2 aliphatic carbocycles. The normalized spacial score (nSPS) is 30.2. The number of H-pyrrole nitrogens is 1. The predicted molar refractivity (Wildman–Crippen MR) is 150 cm³/mol. The quantitative estimate of drug-likeness (QED) is 0.327. The average molecular weight is 601 g/mol. The zero-order valence-electron chi connectivity index (χ0n) is 22.9. The van der Waals surface area contributed by atoms with E-state index in [2.05, 4.69) is 4.98 Å². The number of carboxylic acid groups (broad SMARTS) is 1. The number of carbonyl (C=O) groups excluding carboxylic acids is 3.